The van der Waals surface area contributed by atoms with Crippen molar-refractivity contribution < 1.29 is 23.8 Å². The Morgan fingerprint density at radius 2 is 2.14 bits per heavy atom. The second-order valence-corrected chi connectivity index (χ2v) is 5.36. The van der Waals surface area contributed by atoms with Crippen molar-refractivity contribution in [2.75, 3.05) is 7.11 Å². The lowest BCUT2D eigenvalue weighted by Crippen LogP contribution is -2.42. The van der Waals surface area contributed by atoms with Crippen molar-refractivity contribution in [2.45, 2.75) is 32.2 Å². The Hall–Kier alpha value is -2.11. The highest BCUT2D eigenvalue weighted by Gasteiger charge is 2.45. The van der Waals surface area contributed by atoms with Crippen LogP contribution in [0.3, 0.4) is 0 Å². The number of hydrogen-bond donors (Lipinski definition) is 2. The van der Waals surface area contributed by atoms with E-state index in [1.54, 1.807) is 6.07 Å². The van der Waals surface area contributed by atoms with Crippen molar-refractivity contribution in [1.82, 2.24) is 5.32 Å². The maximum atomic E-state index is 13.5. The maximum Gasteiger partial charge on any atom is 0.310 e. The molecule has 0 spiro atoms. The molecule has 0 heterocycles. The van der Waals surface area contributed by atoms with Gasteiger partial charge in [0, 0.05) is 13.0 Å². The zero-order valence-corrected chi connectivity index (χ0v) is 11.8. The lowest BCUT2D eigenvalue weighted by molar-refractivity contribution is -0.157. The average molecular weight is 295 g/mol. The number of halogens is 1. The summed E-state index contributed by atoms with van der Waals surface area (Å²) in [5, 5.41) is 11.8. The molecule has 1 aliphatic rings. The minimum atomic E-state index is -0.917. The van der Waals surface area contributed by atoms with Crippen LogP contribution in [0.15, 0.2) is 18.2 Å². The molecule has 2 N–H and O–H groups in total. The Kier molecular flexibility index (Phi) is 4.45. The van der Waals surface area contributed by atoms with Crippen LogP contribution in [0.25, 0.3) is 0 Å². The fourth-order valence-corrected chi connectivity index (χ4v) is 2.46. The number of aliphatic carboxylic acids is 1. The summed E-state index contributed by atoms with van der Waals surface area (Å²) in [5.74, 6) is -1.60. The van der Waals surface area contributed by atoms with Crippen molar-refractivity contribution >= 4 is 11.9 Å². The second-order valence-electron chi connectivity index (χ2n) is 5.36. The molecule has 0 aromatic heterocycles. The van der Waals surface area contributed by atoms with Gasteiger partial charge in [0.15, 0.2) is 11.6 Å². The molecule has 0 aliphatic heterocycles. The van der Waals surface area contributed by atoms with Crippen LogP contribution in [-0.2, 0) is 16.1 Å². The summed E-state index contributed by atoms with van der Waals surface area (Å²) in [6.07, 6.45) is 1.88. The van der Waals surface area contributed by atoms with Gasteiger partial charge >= 0.3 is 5.97 Å². The highest BCUT2D eigenvalue weighted by molar-refractivity contribution is 5.85. The molecule has 0 unspecified atom stereocenters. The highest BCUT2D eigenvalue weighted by Crippen LogP contribution is 2.44. The van der Waals surface area contributed by atoms with Crippen LogP contribution in [0.4, 0.5) is 4.39 Å². The first-order valence-electron chi connectivity index (χ1n) is 6.79. The van der Waals surface area contributed by atoms with Crippen molar-refractivity contribution in [3.63, 3.8) is 0 Å². The molecule has 0 atom stereocenters. The van der Waals surface area contributed by atoms with E-state index in [9.17, 15) is 14.0 Å². The third kappa shape index (κ3) is 3.32. The van der Waals surface area contributed by atoms with Crippen LogP contribution in [-0.4, -0.2) is 24.1 Å². The average Bonchev–Trinajstić information content (AvgIpc) is 2.40. The number of carboxylic acid groups (broad SMARTS) is 1. The van der Waals surface area contributed by atoms with Crippen molar-refractivity contribution in [1.29, 1.82) is 0 Å². The molecule has 1 aromatic carbocycles. The molecule has 6 heteroatoms. The van der Waals surface area contributed by atoms with Gasteiger partial charge in [-0.2, -0.15) is 0 Å². The van der Waals surface area contributed by atoms with Crippen molar-refractivity contribution in [3.05, 3.63) is 29.6 Å². The van der Waals surface area contributed by atoms with Crippen LogP contribution in [0, 0.1) is 11.2 Å². The number of benzene rings is 1. The standard InChI is InChI=1S/C15H18FNO4/c1-21-12-4-3-10(7-11(12)16)9-17-13(18)8-15(14(19)20)5-2-6-15/h3-4,7H,2,5-6,8-9H2,1H3,(H,17,18)(H,19,20). The number of nitrogens with one attached hydrogen (secondary N) is 1. The topological polar surface area (TPSA) is 75.6 Å². The summed E-state index contributed by atoms with van der Waals surface area (Å²) in [7, 11) is 1.38. The van der Waals surface area contributed by atoms with Gasteiger partial charge in [-0.1, -0.05) is 12.5 Å². The summed E-state index contributed by atoms with van der Waals surface area (Å²) in [4.78, 5) is 23.0. The van der Waals surface area contributed by atoms with Gasteiger partial charge in [-0.05, 0) is 30.5 Å². The Labute approximate surface area is 122 Å². The zero-order valence-electron chi connectivity index (χ0n) is 11.8. The van der Waals surface area contributed by atoms with Crippen LogP contribution >= 0.6 is 0 Å². The Morgan fingerprint density at radius 3 is 2.62 bits per heavy atom. The largest absolute Gasteiger partial charge is 0.494 e. The lowest BCUT2D eigenvalue weighted by atomic mass is 9.66. The van der Waals surface area contributed by atoms with E-state index in [0.29, 0.717) is 18.4 Å². The number of ether oxygens (including phenoxy) is 1. The van der Waals surface area contributed by atoms with Crippen LogP contribution in [0.1, 0.15) is 31.2 Å². The Bertz CT molecular complexity index is 555. The zero-order chi connectivity index (χ0) is 15.5. The van der Waals surface area contributed by atoms with Gasteiger partial charge in [0.25, 0.3) is 0 Å². The van der Waals surface area contributed by atoms with E-state index in [1.165, 1.54) is 19.2 Å². The van der Waals surface area contributed by atoms with Crippen LogP contribution in [0.5, 0.6) is 5.75 Å². The van der Waals surface area contributed by atoms with Gasteiger partial charge in [0.1, 0.15) is 0 Å². The van der Waals surface area contributed by atoms with Crippen LogP contribution in [0.2, 0.25) is 0 Å². The number of carboxylic acids is 1. The van der Waals surface area contributed by atoms with Gasteiger partial charge in [-0.3, -0.25) is 9.59 Å². The van der Waals surface area contributed by atoms with Gasteiger partial charge < -0.3 is 15.2 Å². The van der Waals surface area contributed by atoms with Crippen molar-refractivity contribution in [2.24, 2.45) is 5.41 Å². The molecule has 1 aromatic rings. The minimum Gasteiger partial charge on any atom is -0.494 e. The van der Waals surface area contributed by atoms with Gasteiger partial charge in [-0.15, -0.1) is 0 Å². The molecule has 0 saturated heterocycles. The van der Waals surface area contributed by atoms with E-state index in [2.05, 4.69) is 5.32 Å². The fourth-order valence-electron chi connectivity index (χ4n) is 2.46. The summed E-state index contributed by atoms with van der Waals surface area (Å²) < 4.78 is 18.3. The van der Waals surface area contributed by atoms with Gasteiger partial charge in [0.05, 0.1) is 12.5 Å². The maximum absolute atomic E-state index is 13.5. The van der Waals surface area contributed by atoms with Crippen molar-refractivity contribution in [3.8, 4) is 5.75 Å². The number of rotatable bonds is 6. The third-order valence-corrected chi connectivity index (χ3v) is 3.97. The highest BCUT2D eigenvalue weighted by atomic mass is 19.1. The summed E-state index contributed by atoms with van der Waals surface area (Å²) in [6, 6.07) is 4.43. The molecule has 0 bridgehead atoms. The first kappa shape index (κ1) is 15.3. The fraction of sp³-hybridized carbons (Fsp3) is 0.467. The van der Waals surface area contributed by atoms with E-state index in [0.717, 1.165) is 6.42 Å². The SMILES string of the molecule is COc1ccc(CNC(=O)CC2(C(=O)O)CCC2)cc1F. The molecule has 2 rings (SSSR count). The van der Waals surface area contributed by atoms with E-state index in [4.69, 9.17) is 9.84 Å². The molecule has 114 valence electrons. The molecule has 21 heavy (non-hydrogen) atoms. The molecular weight excluding hydrogens is 277 g/mol. The normalized spacial score (nSPS) is 15.9. The van der Waals surface area contributed by atoms with E-state index < -0.39 is 17.2 Å². The smallest absolute Gasteiger partial charge is 0.310 e. The minimum absolute atomic E-state index is 0.0268. The second kappa shape index (κ2) is 6.11. The van der Waals surface area contributed by atoms with Crippen LogP contribution < -0.4 is 10.1 Å². The van der Waals surface area contributed by atoms with Gasteiger partial charge in [-0.25, -0.2) is 4.39 Å². The quantitative estimate of drug-likeness (QED) is 0.842. The number of hydrogen-bond acceptors (Lipinski definition) is 3. The summed E-state index contributed by atoms with van der Waals surface area (Å²) >= 11 is 0. The predicted octanol–water partition coefficient (Wildman–Crippen LogP) is 2.10. The van der Waals surface area contributed by atoms with Gasteiger partial charge in [0.2, 0.25) is 5.91 Å². The number of carbonyl (C=O) groups is 2. The number of carbonyl (C=O) groups excluding carboxylic acids is 1. The summed E-state index contributed by atoms with van der Waals surface area (Å²) in [6.45, 7) is 0.162. The van der Waals surface area contributed by atoms with E-state index >= 15 is 0 Å². The molecule has 1 fully saturated rings. The molecule has 1 amide bonds. The molecule has 1 saturated carbocycles. The molecular formula is C15H18FNO4. The Balaban J connectivity index is 1.89. The first-order valence-corrected chi connectivity index (χ1v) is 6.79. The monoisotopic (exact) mass is 295 g/mol. The Morgan fingerprint density at radius 1 is 1.43 bits per heavy atom. The lowest BCUT2D eigenvalue weighted by Gasteiger charge is -2.36. The first-order chi connectivity index (χ1) is 9.97. The van der Waals surface area contributed by atoms with E-state index in [-0.39, 0.29) is 24.6 Å². The molecule has 1 aliphatic carbocycles. The van der Waals surface area contributed by atoms with E-state index in [1.807, 2.05) is 0 Å². The molecule has 0 radical (unpaired) electrons. The number of methoxy groups -OCH3 is 1. The number of amides is 1. The summed E-state index contributed by atoms with van der Waals surface area (Å²) in [5.41, 5.74) is -0.311. The third-order valence-electron chi connectivity index (χ3n) is 3.97. The molecule has 5 nitrogen and oxygen atoms in total. The predicted molar refractivity (Wildman–Crippen MR) is 73.3 cm³/mol.